The Kier molecular flexibility index (Phi) is 5.53. The molecule has 0 heterocycles. The van der Waals surface area contributed by atoms with Gasteiger partial charge in [-0.3, -0.25) is 0 Å². The Morgan fingerprint density at radius 1 is 1.08 bits per heavy atom. The van der Waals surface area contributed by atoms with E-state index < -0.39 is 11.7 Å². The Balaban J connectivity index is 1.88. The van der Waals surface area contributed by atoms with Gasteiger partial charge in [-0.15, -0.1) is 0 Å². The van der Waals surface area contributed by atoms with Gasteiger partial charge in [-0.2, -0.15) is 28.7 Å². The molecule has 2 aromatic rings. The van der Waals surface area contributed by atoms with Gasteiger partial charge in [0.05, 0.1) is 22.9 Å². The molecule has 7 heteroatoms. The minimum Gasteiger partial charge on any atom is -0.491 e. The number of benzene rings is 2. The maximum absolute atomic E-state index is 12.5. The number of nitriles is 1. The summed E-state index contributed by atoms with van der Waals surface area (Å²) >= 11 is 0. The van der Waals surface area contributed by atoms with E-state index in [1.165, 1.54) is 12.1 Å². The zero-order valence-corrected chi connectivity index (χ0v) is 12.8. The van der Waals surface area contributed by atoms with Gasteiger partial charge in [-0.05, 0) is 55.5 Å². The number of ether oxygens (including phenoxy) is 1. The molecule has 0 spiro atoms. The van der Waals surface area contributed by atoms with E-state index in [1.54, 1.807) is 31.2 Å². The van der Waals surface area contributed by atoms with Crippen molar-refractivity contribution in [2.24, 2.45) is 10.2 Å². The highest BCUT2D eigenvalue weighted by Crippen LogP contribution is 2.30. The molecule has 24 heavy (non-hydrogen) atoms. The van der Waals surface area contributed by atoms with Crippen LogP contribution in [0.15, 0.2) is 58.8 Å². The van der Waals surface area contributed by atoms with Crippen molar-refractivity contribution in [2.45, 2.75) is 19.1 Å². The van der Waals surface area contributed by atoms with Gasteiger partial charge in [-0.25, -0.2) is 0 Å². The first kappa shape index (κ1) is 17.5. The lowest BCUT2D eigenvalue weighted by atomic mass is 10.2. The standard InChI is InChI=1S/C17H14F3N3O/c1-12(11-24-16-8-2-13(10-21)3-9-16)22-23-15-6-4-14(5-7-15)17(18,19)20/h2-9,12H,11H2,1H3. The Morgan fingerprint density at radius 3 is 2.25 bits per heavy atom. The normalized spacial score (nSPS) is 12.8. The van der Waals surface area contributed by atoms with Crippen LogP contribution in [0.25, 0.3) is 0 Å². The summed E-state index contributed by atoms with van der Waals surface area (Å²) < 4.78 is 42.9. The van der Waals surface area contributed by atoms with Crippen LogP contribution in [0.3, 0.4) is 0 Å². The van der Waals surface area contributed by atoms with E-state index >= 15 is 0 Å². The van der Waals surface area contributed by atoms with Gasteiger partial charge in [0.1, 0.15) is 18.4 Å². The lowest BCUT2D eigenvalue weighted by Crippen LogP contribution is -2.11. The summed E-state index contributed by atoms with van der Waals surface area (Å²) in [5.74, 6) is 0.602. The zero-order valence-electron chi connectivity index (χ0n) is 12.8. The molecule has 124 valence electrons. The molecule has 2 aromatic carbocycles. The number of rotatable bonds is 5. The van der Waals surface area contributed by atoms with Crippen LogP contribution < -0.4 is 4.74 Å². The minimum absolute atomic E-state index is 0.260. The predicted molar refractivity (Wildman–Crippen MR) is 82.1 cm³/mol. The molecule has 0 bridgehead atoms. The number of nitrogens with zero attached hydrogens (tertiary/aromatic N) is 3. The number of azo groups is 1. The van der Waals surface area contributed by atoms with Crippen LogP contribution in [0.4, 0.5) is 18.9 Å². The summed E-state index contributed by atoms with van der Waals surface area (Å²) in [5, 5.41) is 16.6. The predicted octanol–water partition coefficient (Wildman–Crippen LogP) is 5.13. The molecule has 4 nitrogen and oxygen atoms in total. The molecule has 0 aromatic heterocycles. The summed E-state index contributed by atoms with van der Waals surface area (Å²) in [6.07, 6.45) is -4.36. The van der Waals surface area contributed by atoms with E-state index in [-0.39, 0.29) is 12.6 Å². The van der Waals surface area contributed by atoms with Crippen molar-refractivity contribution in [3.05, 3.63) is 59.7 Å². The second-order valence-electron chi connectivity index (χ2n) is 5.06. The summed E-state index contributed by atoms with van der Waals surface area (Å²) in [4.78, 5) is 0. The quantitative estimate of drug-likeness (QED) is 0.712. The van der Waals surface area contributed by atoms with Crippen molar-refractivity contribution >= 4 is 5.69 Å². The fourth-order valence-corrected chi connectivity index (χ4v) is 1.76. The third-order valence-electron chi connectivity index (χ3n) is 3.04. The maximum Gasteiger partial charge on any atom is 0.416 e. The summed E-state index contributed by atoms with van der Waals surface area (Å²) in [5.41, 5.74) is 0.157. The minimum atomic E-state index is -4.36. The summed E-state index contributed by atoms with van der Waals surface area (Å²) in [6, 6.07) is 12.8. The fraction of sp³-hybridized carbons (Fsp3) is 0.235. The number of hydrogen-bond donors (Lipinski definition) is 0. The van der Waals surface area contributed by atoms with Gasteiger partial charge in [-0.1, -0.05) is 0 Å². The average Bonchev–Trinajstić information content (AvgIpc) is 2.58. The van der Waals surface area contributed by atoms with E-state index in [2.05, 4.69) is 10.2 Å². The molecule has 0 amide bonds. The van der Waals surface area contributed by atoms with Crippen LogP contribution in [0, 0.1) is 11.3 Å². The van der Waals surface area contributed by atoms with Gasteiger partial charge in [0.15, 0.2) is 0 Å². The monoisotopic (exact) mass is 333 g/mol. The first-order valence-electron chi connectivity index (χ1n) is 7.09. The highest BCUT2D eigenvalue weighted by molar-refractivity contribution is 5.39. The molecule has 0 aliphatic rings. The molecule has 2 rings (SSSR count). The van der Waals surface area contributed by atoms with Crippen LogP contribution in [-0.2, 0) is 6.18 Å². The Hall–Kier alpha value is -2.88. The molecule has 0 saturated carbocycles. The van der Waals surface area contributed by atoms with E-state index in [1.807, 2.05) is 6.07 Å². The maximum atomic E-state index is 12.5. The summed E-state index contributed by atoms with van der Waals surface area (Å²) in [7, 11) is 0. The van der Waals surface area contributed by atoms with Gasteiger partial charge in [0.2, 0.25) is 0 Å². The van der Waals surface area contributed by atoms with E-state index in [0.717, 1.165) is 12.1 Å². The average molecular weight is 333 g/mol. The number of hydrogen-bond acceptors (Lipinski definition) is 4. The van der Waals surface area contributed by atoms with Crippen LogP contribution >= 0.6 is 0 Å². The highest BCUT2D eigenvalue weighted by Gasteiger charge is 2.29. The lowest BCUT2D eigenvalue weighted by Gasteiger charge is -2.08. The van der Waals surface area contributed by atoms with Crippen LogP contribution in [0.2, 0.25) is 0 Å². The third kappa shape index (κ3) is 5.09. The first-order valence-corrected chi connectivity index (χ1v) is 7.09. The van der Waals surface area contributed by atoms with Crippen molar-refractivity contribution < 1.29 is 17.9 Å². The molecule has 0 fully saturated rings. The van der Waals surface area contributed by atoms with Gasteiger partial charge in [0.25, 0.3) is 0 Å². The van der Waals surface area contributed by atoms with Gasteiger partial charge < -0.3 is 4.74 Å². The van der Waals surface area contributed by atoms with E-state index in [9.17, 15) is 13.2 Å². The molecule has 0 aliphatic carbocycles. The molecule has 1 atom stereocenters. The second-order valence-corrected chi connectivity index (χ2v) is 5.06. The molecule has 0 saturated heterocycles. The summed E-state index contributed by atoms with van der Waals surface area (Å²) in [6.45, 7) is 2.03. The molecular formula is C17H14F3N3O. The van der Waals surface area contributed by atoms with E-state index in [4.69, 9.17) is 10.00 Å². The zero-order chi connectivity index (χ0) is 17.6. The van der Waals surface area contributed by atoms with Crippen molar-refractivity contribution in [3.8, 4) is 11.8 Å². The topological polar surface area (TPSA) is 57.7 Å². The number of halogens is 3. The molecular weight excluding hydrogens is 319 g/mol. The smallest absolute Gasteiger partial charge is 0.416 e. The molecule has 1 unspecified atom stereocenters. The van der Waals surface area contributed by atoms with Crippen molar-refractivity contribution in [3.63, 3.8) is 0 Å². The molecule has 0 aliphatic heterocycles. The van der Waals surface area contributed by atoms with Gasteiger partial charge >= 0.3 is 6.18 Å². The number of alkyl halides is 3. The second kappa shape index (κ2) is 7.59. The van der Waals surface area contributed by atoms with Crippen LogP contribution in [-0.4, -0.2) is 12.6 Å². The SMILES string of the molecule is CC(COc1ccc(C#N)cc1)N=Nc1ccc(C(F)(F)F)cc1. The van der Waals surface area contributed by atoms with Crippen LogP contribution in [0.5, 0.6) is 5.75 Å². The lowest BCUT2D eigenvalue weighted by molar-refractivity contribution is -0.137. The van der Waals surface area contributed by atoms with Crippen molar-refractivity contribution in [2.75, 3.05) is 6.61 Å². The fourth-order valence-electron chi connectivity index (χ4n) is 1.76. The van der Waals surface area contributed by atoms with Crippen molar-refractivity contribution in [1.29, 1.82) is 5.26 Å². The van der Waals surface area contributed by atoms with Gasteiger partial charge in [0, 0.05) is 0 Å². The molecule has 0 radical (unpaired) electrons. The third-order valence-corrected chi connectivity index (χ3v) is 3.04. The Morgan fingerprint density at radius 2 is 1.71 bits per heavy atom. The molecule has 0 N–H and O–H groups in total. The Bertz CT molecular complexity index is 732. The first-order chi connectivity index (χ1) is 11.4. The Labute approximate surface area is 137 Å². The largest absolute Gasteiger partial charge is 0.491 e. The highest BCUT2D eigenvalue weighted by atomic mass is 19.4. The van der Waals surface area contributed by atoms with E-state index in [0.29, 0.717) is 17.0 Å². The van der Waals surface area contributed by atoms with Crippen molar-refractivity contribution in [1.82, 2.24) is 0 Å². The van der Waals surface area contributed by atoms with Crippen LogP contribution in [0.1, 0.15) is 18.1 Å².